The van der Waals surface area contributed by atoms with Gasteiger partial charge in [-0.25, -0.2) is 4.79 Å². The van der Waals surface area contributed by atoms with Crippen LogP contribution in [0.1, 0.15) is 5.56 Å². The molecular weight excluding hydrogens is 329 g/mol. The Kier molecular flexibility index (Phi) is 5.20. The van der Waals surface area contributed by atoms with E-state index in [4.69, 9.17) is 10.2 Å². The van der Waals surface area contributed by atoms with Gasteiger partial charge in [0, 0.05) is 19.6 Å². The smallest absolute Gasteiger partial charge is 0.394 e. The molecular formula is C15H17F3N2O4. The van der Waals surface area contributed by atoms with Crippen LogP contribution in [-0.4, -0.2) is 52.9 Å². The highest BCUT2D eigenvalue weighted by Crippen LogP contribution is 2.37. The van der Waals surface area contributed by atoms with E-state index in [1.165, 1.54) is 12.1 Å². The standard InChI is InChI=1S/C15H17F3N2O4/c16-15(17,18)12-8-20(7-11(12)13(22)23)14(24)19-6-5-9-1-3-10(21)4-2-9/h1-4,11-12,21H,5-8H2,(H,19,24)(H,22,23)/t11-,12-/m1/s1. The average Bonchev–Trinajstić information content (AvgIpc) is 2.95. The van der Waals surface area contributed by atoms with Crippen molar-refractivity contribution in [3.63, 3.8) is 0 Å². The highest BCUT2D eigenvalue weighted by Gasteiger charge is 2.53. The third-order valence-corrected chi connectivity index (χ3v) is 3.97. The summed E-state index contributed by atoms with van der Waals surface area (Å²) >= 11 is 0. The van der Waals surface area contributed by atoms with E-state index in [-0.39, 0.29) is 12.3 Å². The fraction of sp³-hybridized carbons (Fsp3) is 0.467. The number of phenols is 1. The Morgan fingerprint density at radius 2 is 1.83 bits per heavy atom. The molecule has 2 rings (SSSR count). The van der Waals surface area contributed by atoms with Crippen LogP contribution >= 0.6 is 0 Å². The number of hydrogen-bond donors (Lipinski definition) is 3. The molecule has 1 aliphatic rings. The number of carboxylic acids is 1. The number of carbonyl (C=O) groups excluding carboxylic acids is 1. The Hall–Kier alpha value is -2.45. The lowest BCUT2D eigenvalue weighted by molar-refractivity contribution is -0.187. The van der Waals surface area contributed by atoms with Crippen molar-refractivity contribution in [2.75, 3.05) is 19.6 Å². The number of benzene rings is 1. The van der Waals surface area contributed by atoms with Gasteiger partial charge < -0.3 is 20.4 Å². The maximum atomic E-state index is 12.9. The topological polar surface area (TPSA) is 89.9 Å². The predicted octanol–water partition coefficient (Wildman–Crippen LogP) is 1.84. The zero-order valence-electron chi connectivity index (χ0n) is 12.6. The van der Waals surface area contributed by atoms with Gasteiger partial charge in [0.05, 0.1) is 11.8 Å². The largest absolute Gasteiger partial charge is 0.508 e. The Labute approximate surface area is 135 Å². The van der Waals surface area contributed by atoms with Gasteiger partial charge in [0.1, 0.15) is 5.75 Å². The second-order valence-corrected chi connectivity index (χ2v) is 5.65. The third-order valence-electron chi connectivity index (χ3n) is 3.97. The monoisotopic (exact) mass is 346 g/mol. The van der Waals surface area contributed by atoms with Gasteiger partial charge >= 0.3 is 18.2 Å². The van der Waals surface area contributed by atoms with Crippen LogP contribution < -0.4 is 5.32 Å². The SMILES string of the molecule is O=C(O)[C@@H]1CN(C(=O)NCCc2ccc(O)cc2)C[C@H]1C(F)(F)F. The molecule has 1 aromatic carbocycles. The number of alkyl halides is 3. The molecule has 0 aliphatic carbocycles. The quantitative estimate of drug-likeness (QED) is 0.776. The second kappa shape index (κ2) is 6.98. The van der Waals surface area contributed by atoms with Gasteiger partial charge in [-0.3, -0.25) is 4.79 Å². The van der Waals surface area contributed by atoms with Crippen LogP contribution in [0.2, 0.25) is 0 Å². The zero-order chi connectivity index (χ0) is 17.9. The lowest BCUT2D eigenvalue weighted by Crippen LogP contribution is -2.40. The van der Waals surface area contributed by atoms with Gasteiger partial charge in [-0.2, -0.15) is 13.2 Å². The first-order valence-electron chi connectivity index (χ1n) is 7.28. The van der Waals surface area contributed by atoms with E-state index >= 15 is 0 Å². The van der Waals surface area contributed by atoms with Crippen LogP contribution in [-0.2, 0) is 11.2 Å². The van der Waals surface area contributed by atoms with Gasteiger partial charge in [-0.1, -0.05) is 12.1 Å². The summed E-state index contributed by atoms with van der Waals surface area (Å²) in [5.74, 6) is -5.15. The van der Waals surface area contributed by atoms with E-state index in [1.54, 1.807) is 12.1 Å². The number of carbonyl (C=O) groups is 2. The first kappa shape index (κ1) is 17.9. The Balaban J connectivity index is 1.88. The molecule has 9 heteroatoms. The number of carboxylic acid groups (broad SMARTS) is 1. The molecule has 0 spiro atoms. The molecule has 1 heterocycles. The van der Waals surface area contributed by atoms with Gasteiger partial charge in [-0.05, 0) is 24.1 Å². The molecule has 1 saturated heterocycles. The number of rotatable bonds is 4. The molecule has 0 saturated carbocycles. The Bertz CT molecular complexity index is 604. The van der Waals surface area contributed by atoms with Crippen molar-refractivity contribution < 1.29 is 33.0 Å². The number of nitrogens with one attached hydrogen (secondary N) is 1. The number of urea groups is 1. The summed E-state index contributed by atoms with van der Waals surface area (Å²) in [7, 11) is 0. The number of aromatic hydroxyl groups is 1. The molecule has 1 fully saturated rings. The molecule has 132 valence electrons. The van der Waals surface area contributed by atoms with E-state index in [9.17, 15) is 22.8 Å². The Morgan fingerprint density at radius 1 is 1.21 bits per heavy atom. The highest BCUT2D eigenvalue weighted by atomic mass is 19.4. The van der Waals surface area contributed by atoms with E-state index in [2.05, 4.69) is 5.32 Å². The van der Waals surface area contributed by atoms with Crippen molar-refractivity contribution in [1.29, 1.82) is 0 Å². The number of nitrogens with zero attached hydrogens (tertiary/aromatic N) is 1. The molecule has 3 N–H and O–H groups in total. The van der Waals surface area contributed by atoms with E-state index in [0.29, 0.717) is 6.42 Å². The normalized spacial score (nSPS) is 20.9. The number of hydrogen-bond acceptors (Lipinski definition) is 3. The van der Waals surface area contributed by atoms with Gasteiger partial charge in [0.2, 0.25) is 0 Å². The lowest BCUT2D eigenvalue weighted by atomic mass is 9.96. The summed E-state index contributed by atoms with van der Waals surface area (Å²) in [5.41, 5.74) is 0.839. The molecule has 0 radical (unpaired) electrons. The maximum Gasteiger partial charge on any atom is 0.394 e. The summed E-state index contributed by atoms with van der Waals surface area (Å²) in [6, 6.07) is 5.59. The van der Waals surface area contributed by atoms with E-state index in [0.717, 1.165) is 10.5 Å². The Morgan fingerprint density at radius 3 is 2.33 bits per heavy atom. The van der Waals surface area contributed by atoms with E-state index in [1.807, 2.05) is 0 Å². The molecule has 1 aromatic rings. The fourth-order valence-corrected chi connectivity index (χ4v) is 2.64. The lowest BCUT2D eigenvalue weighted by Gasteiger charge is -2.18. The molecule has 6 nitrogen and oxygen atoms in total. The van der Waals surface area contributed by atoms with Crippen LogP contribution in [0.3, 0.4) is 0 Å². The average molecular weight is 346 g/mol. The molecule has 1 aliphatic heterocycles. The minimum absolute atomic E-state index is 0.109. The van der Waals surface area contributed by atoms with Crippen molar-refractivity contribution in [2.45, 2.75) is 12.6 Å². The molecule has 0 aromatic heterocycles. The number of amides is 2. The van der Waals surface area contributed by atoms with Crippen LogP contribution in [0, 0.1) is 11.8 Å². The zero-order valence-corrected chi connectivity index (χ0v) is 12.6. The highest BCUT2D eigenvalue weighted by molar-refractivity contribution is 5.77. The summed E-state index contributed by atoms with van der Waals surface area (Å²) in [6.45, 7) is -0.940. The van der Waals surface area contributed by atoms with E-state index < -0.39 is 43.1 Å². The number of likely N-dealkylation sites (tertiary alicyclic amines) is 1. The van der Waals surface area contributed by atoms with Crippen molar-refractivity contribution in [2.24, 2.45) is 11.8 Å². The summed E-state index contributed by atoms with van der Waals surface area (Å²) in [5, 5.41) is 20.6. The van der Waals surface area contributed by atoms with Crippen LogP contribution in [0.25, 0.3) is 0 Å². The second-order valence-electron chi connectivity index (χ2n) is 5.65. The van der Waals surface area contributed by atoms with Crippen molar-refractivity contribution in [1.82, 2.24) is 10.2 Å². The fourth-order valence-electron chi connectivity index (χ4n) is 2.64. The number of halogens is 3. The van der Waals surface area contributed by atoms with Crippen LogP contribution in [0.4, 0.5) is 18.0 Å². The molecule has 24 heavy (non-hydrogen) atoms. The van der Waals surface area contributed by atoms with Crippen molar-refractivity contribution in [3.8, 4) is 5.75 Å². The first-order chi connectivity index (χ1) is 11.2. The maximum absolute atomic E-state index is 12.9. The third kappa shape index (κ3) is 4.30. The summed E-state index contributed by atoms with van der Waals surface area (Å²) in [4.78, 5) is 23.8. The van der Waals surface area contributed by atoms with Crippen molar-refractivity contribution >= 4 is 12.0 Å². The number of phenolic OH excluding ortho intramolecular Hbond substituents is 1. The molecule has 0 bridgehead atoms. The summed E-state index contributed by atoms with van der Waals surface area (Å²) < 4.78 is 38.6. The molecule has 2 amide bonds. The van der Waals surface area contributed by atoms with Crippen LogP contribution in [0.5, 0.6) is 5.75 Å². The minimum Gasteiger partial charge on any atom is -0.508 e. The predicted molar refractivity (Wildman–Crippen MR) is 77.5 cm³/mol. The minimum atomic E-state index is -4.66. The van der Waals surface area contributed by atoms with Crippen LogP contribution in [0.15, 0.2) is 24.3 Å². The first-order valence-corrected chi connectivity index (χ1v) is 7.28. The van der Waals surface area contributed by atoms with Gasteiger partial charge in [0.15, 0.2) is 0 Å². The van der Waals surface area contributed by atoms with Gasteiger partial charge in [0.25, 0.3) is 0 Å². The number of aliphatic carboxylic acids is 1. The molecule has 0 unspecified atom stereocenters. The molecule has 2 atom stereocenters. The van der Waals surface area contributed by atoms with Gasteiger partial charge in [-0.15, -0.1) is 0 Å². The summed E-state index contributed by atoms with van der Waals surface area (Å²) in [6.07, 6.45) is -4.23. The van der Waals surface area contributed by atoms with Crippen molar-refractivity contribution in [3.05, 3.63) is 29.8 Å².